The van der Waals surface area contributed by atoms with Crippen molar-refractivity contribution in [2.75, 3.05) is 7.11 Å². The maximum Gasteiger partial charge on any atom is 0.186 e. The first kappa shape index (κ1) is 10.4. The summed E-state index contributed by atoms with van der Waals surface area (Å²) in [6.45, 7) is 4.66. The van der Waals surface area contributed by atoms with Gasteiger partial charge in [0.25, 0.3) is 0 Å². The Morgan fingerprint density at radius 3 is 2.57 bits per heavy atom. The number of rotatable bonds is 4. The third-order valence-corrected chi connectivity index (χ3v) is 6.68. The van der Waals surface area contributed by atoms with E-state index in [1.54, 1.807) is 0 Å². The third-order valence-electron chi connectivity index (χ3n) is 4.09. The second kappa shape index (κ2) is 3.82. The molecule has 0 radical (unpaired) electrons. The van der Waals surface area contributed by atoms with Crippen LogP contribution in [0.2, 0.25) is 19.1 Å². The molecule has 0 heterocycles. The van der Waals surface area contributed by atoms with E-state index in [0.717, 1.165) is 17.8 Å². The average Bonchev–Trinajstić information content (AvgIpc) is 2.76. The van der Waals surface area contributed by atoms with Gasteiger partial charge in [0.15, 0.2) is 8.32 Å². The van der Waals surface area contributed by atoms with Crippen molar-refractivity contribution in [1.29, 1.82) is 0 Å². The van der Waals surface area contributed by atoms with Crippen molar-refractivity contribution >= 4 is 8.32 Å². The SMILES string of the molecule is CO[Si](C)(C)CCC1CC2C=CC1C2. The van der Waals surface area contributed by atoms with Gasteiger partial charge in [0.05, 0.1) is 0 Å². The van der Waals surface area contributed by atoms with E-state index in [-0.39, 0.29) is 0 Å². The number of allylic oxidation sites excluding steroid dienone is 2. The maximum atomic E-state index is 5.60. The Kier molecular flexibility index (Phi) is 2.85. The molecule has 0 aromatic rings. The lowest BCUT2D eigenvalue weighted by molar-refractivity contribution is 0.381. The molecule has 3 atom stereocenters. The van der Waals surface area contributed by atoms with Gasteiger partial charge < -0.3 is 4.43 Å². The summed E-state index contributed by atoms with van der Waals surface area (Å²) in [6.07, 6.45) is 9.19. The van der Waals surface area contributed by atoms with Gasteiger partial charge in [0.1, 0.15) is 0 Å². The number of hydrogen-bond acceptors (Lipinski definition) is 1. The third kappa shape index (κ3) is 2.11. The first-order chi connectivity index (χ1) is 6.61. The summed E-state index contributed by atoms with van der Waals surface area (Å²) >= 11 is 0. The van der Waals surface area contributed by atoms with Crippen molar-refractivity contribution in [3.8, 4) is 0 Å². The van der Waals surface area contributed by atoms with Crippen LogP contribution < -0.4 is 0 Å². The first-order valence-electron chi connectivity index (χ1n) is 5.84. The lowest BCUT2D eigenvalue weighted by atomic mass is 9.91. The van der Waals surface area contributed by atoms with Gasteiger partial charge >= 0.3 is 0 Å². The smallest absolute Gasteiger partial charge is 0.186 e. The Labute approximate surface area is 88.7 Å². The number of hydrogen-bond donors (Lipinski definition) is 0. The van der Waals surface area contributed by atoms with Crippen molar-refractivity contribution in [1.82, 2.24) is 0 Å². The zero-order chi connectivity index (χ0) is 10.2. The van der Waals surface area contributed by atoms with Crippen LogP contribution in [0.1, 0.15) is 19.3 Å². The van der Waals surface area contributed by atoms with Gasteiger partial charge in [-0.2, -0.15) is 0 Å². The molecule has 0 aromatic carbocycles. The summed E-state index contributed by atoms with van der Waals surface area (Å²) in [5.74, 6) is 2.82. The molecule has 0 saturated heterocycles. The molecule has 1 fully saturated rings. The lowest BCUT2D eigenvalue weighted by Crippen LogP contribution is -2.29. The van der Waals surface area contributed by atoms with Gasteiger partial charge in [-0.1, -0.05) is 18.6 Å². The van der Waals surface area contributed by atoms with Crippen LogP contribution in [0.15, 0.2) is 12.2 Å². The molecule has 0 N–H and O–H groups in total. The predicted octanol–water partition coefficient (Wildman–Crippen LogP) is 3.44. The van der Waals surface area contributed by atoms with Crippen LogP contribution in [0.4, 0.5) is 0 Å². The highest BCUT2D eigenvalue weighted by Gasteiger charge is 2.36. The Morgan fingerprint density at radius 2 is 2.07 bits per heavy atom. The largest absolute Gasteiger partial charge is 0.420 e. The molecule has 2 aliphatic rings. The Bertz CT molecular complexity index is 234. The van der Waals surface area contributed by atoms with Crippen molar-refractivity contribution in [3.63, 3.8) is 0 Å². The van der Waals surface area contributed by atoms with Gasteiger partial charge in [-0.25, -0.2) is 0 Å². The fraction of sp³-hybridized carbons (Fsp3) is 0.833. The van der Waals surface area contributed by atoms with E-state index in [1.165, 1.54) is 25.3 Å². The molecule has 2 aliphatic carbocycles. The summed E-state index contributed by atoms with van der Waals surface area (Å²) in [7, 11) is 0.585. The summed E-state index contributed by atoms with van der Waals surface area (Å²) in [4.78, 5) is 0. The minimum atomic E-state index is -1.30. The van der Waals surface area contributed by atoms with Crippen LogP contribution in [-0.2, 0) is 4.43 Å². The molecular formula is C12H22OSi. The predicted molar refractivity (Wildman–Crippen MR) is 62.8 cm³/mol. The zero-order valence-corrected chi connectivity index (χ0v) is 10.6. The summed E-state index contributed by atoms with van der Waals surface area (Å²) in [5.41, 5.74) is 0. The van der Waals surface area contributed by atoms with Crippen LogP contribution >= 0.6 is 0 Å². The van der Waals surface area contributed by atoms with Crippen LogP contribution in [-0.4, -0.2) is 15.4 Å². The van der Waals surface area contributed by atoms with Gasteiger partial charge in [-0.15, -0.1) is 0 Å². The van der Waals surface area contributed by atoms with Crippen LogP contribution in [0.25, 0.3) is 0 Å². The molecule has 2 bridgehead atoms. The molecule has 3 unspecified atom stereocenters. The van der Waals surface area contributed by atoms with E-state index in [1.807, 2.05) is 7.11 Å². The van der Waals surface area contributed by atoms with E-state index < -0.39 is 8.32 Å². The van der Waals surface area contributed by atoms with E-state index >= 15 is 0 Å². The minimum absolute atomic E-state index is 0.918. The molecule has 2 heteroatoms. The topological polar surface area (TPSA) is 9.23 Å². The molecular weight excluding hydrogens is 188 g/mol. The molecule has 0 aromatic heterocycles. The van der Waals surface area contributed by atoms with Gasteiger partial charge in [0.2, 0.25) is 0 Å². The normalized spacial score (nSPS) is 35.5. The second-order valence-corrected chi connectivity index (χ2v) is 9.97. The van der Waals surface area contributed by atoms with E-state index in [0.29, 0.717) is 0 Å². The van der Waals surface area contributed by atoms with Gasteiger partial charge in [-0.3, -0.25) is 0 Å². The van der Waals surface area contributed by atoms with E-state index in [2.05, 4.69) is 25.2 Å². The Balaban J connectivity index is 1.80. The fourth-order valence-corrected chi connectivity index (χ4v) is 4.13. The lowest BCUT2D eigenvalue weighted by Gasteiger charge is -2.24. The second-order valence-electron chi connectivity index (χ2n) is 5.54. The van der Waals surface area contributed by atoms with E-state index in [4.69, 9.17) is 4.43 Å². The summed E-state index contributed by atoms with van der Waals surface area (Å²) < 4.78 is 5.60. The zero-order valence-electron chi connectivity index (χ0n) is 9.62. The van der Waals surface area contributed by atoms with Crippen molar-refractivity contribution < 1.29 is 4.43 Å². The molecule has 0 amide bonds. The number of fused-ring (bicyclic) bond motifs is 2. The van der Waals surface area contributed by atoms with Gasteiger partial charge in [-0.05, 0) is 49.7 Å². The monoisotopic (exact) mass is 210 g/mol. The van der Waals surface area contributed by atoms with E-state index in [9.17, 15) is 0 Å². The van der Waals surface area contributed by atoms with Crippen molar-refractivity contribution in [2.24, 2.45) is 17.8 Å². The average molecular weight is 210 g/mol. The van der Waals surface area contributed by atoms with Crippen LogP contribution in [0.3, 0.4) is 0 Å². The van der Waals surface area contributed by atoms with Gasteiger partial charge in [0, 0.05) is 7.11 Å². The molecule has 1 nitrogen and oxygen atoms in total. The molecule has 0 aliphatic heterocycles. The quantitative estimate of drug-likeness (QED) is 0.510. The first-order valence-corrected chi connectivity index (χ1v) is 8.96. The highest BCUT2D eigenvalue weighted by atomic mass is 28.4. The van der Waals surface area contributed by atoms with Crippen LogP contribution in [0.5, 0.6) is 0 Å². The Morgan fingerprint density at radius 1 is 1.29 bits per heavy atom. The summed E-state index contributed by atoms with van der Waals surface area (Å²) in [5, 5.41) is 0. The standard InChI is InChI=1S/C12H22OSi/c1-13-14(2,3)7-6-12-9-10-4-5-11(12)8-10/h4-5,10-12H,6-9H2,1-3H3. The van der Waals surface area contributed by atoms with Crippen molar-refractivity contribution in [2.45, 2.75) is 38.4 Å². The maximum absolute atomic E-state index is 5.60. The molecule has 80 valence electrons. The molecule has 14 heavy (non-hydrogen) atoms. The highest BCUT2D eigenvalue weighted by molar-refractivity contribution is 6.71. The summed E-state index contributed by atoms with van der Waals surface area (Å²) in [6, 6.07) is 1.34. The Hall–Kier alpha value is -0.0831. The van der Waals surface area contributed by atoms with Crippen LogP contribution in [0, 0.1) is 17.8 Å². The minimum Gasteiger partial charge on any atom is -0.420 e. The van der Waals surface area contributed by atoms with Crippen molar-refractivity contribution in [3.05, 3.63) is 12.2 Å². The molecule has 1 saturated carbocycles. The fourth-order valence-electron chi connectivity index (χ4n) is 2.86. The highest BCUT2D eigenvalue weighted by Crippen LogP contribution is 2.45. The molecule has 0 spiro atoms. The molecule has 2 rings (SSSR count).